The van der Waals surface area contributed by atoms with Gasteiger partial charge in [-0.05, 0) is 71.0 Å². The average Bonchev–Trinajstić information content (AvgIpc) is 2.66. The van der Waals surface area contributed by atoms with Crippen molar-refractivity contribution in [1.82, 2.24) is 10.6 Å². The van der Waals surface area contributed by atoms with Crippen LogP contribution in [0.4, 0.5) is 5.69 Å². The second kappa shape index (κ2) is 10.0. The van der Waals surface area contributed by atoms with Gasteiger partial charge in [-0.3, -0.25) is 14.9 Å². The molecule has 0 aliphatic carbocycles. The van der Waals surface area contributed by atoms with Crippen molar-refractivity contribution in [3.8, 4) is 5.75 Å². The van der Waals surface area contributed by atoms with Gasteiger partial charge in [0.05, 0.1) is 11.6 Å². The van der Waals surface area contributed by atoms with Gasteiger partial charge in [0.25, 0.3) is 11.8 Å². The number of hydrogen-bond donors (Lipinski definition) is 3. The molecule has 0 atom stereocenters. The molecule has 6 nitrogen and oxygen atoms in total. The van der Waals surface area contributed by atoms with Gasteiger partial charge in [-0.25, -0.2) is 0 Å². The summed E-state index contributed by atoms with van der Waals surface area (Å²) < 4.78 is 5.81. The van der Waals surface area contributed by atoms with E-state index in [2.05, 4.69) is 31.9 Å². The molecule has 8 heteroatoms. The maximum atomic E-state index is 12.3. The van der Waals surface area contributed by atoms with Crippen molar-refractivity contribution in [3.63, 3.8) is 0 Å². The van der Waals surface area contributed by atoms with Crippen LogP contribution in [0.3, 0.4) is 0 Å². The number of benzene rings is 2. The lowest BCUT2D eigenvalue weighted by Gasteiger charge is -2.11. The lowest BCUT2D eigenvalue weighted by atomic mass is 10.2. The minimum atomic E-state index is -0.354. The fraction of sp³-hybridized carbons (Fsp3) is 0.211. The molecular weight excluding hydrogens is 430 g/mol. The Morgan fingerprint density at radius 3 is 2.52 bits per heavy atom. The van der Waals surface area contributed by atoms with Crippen molar-refractivity contribution in [3.05, 3.63) is 58.1 Å². The van der Waals surface area contributed by atoms with Crippen molar-refractivity contribution >= 4 is 50.8 Å². The van der Waals surface area contributed by atoms with Gasteiger partial charge < -0.3 is 15.4 Å². The second-order valence-corrected chi connectivity index (χ2v) is 6.86. The number of amides is 2. The third-order valence-electron chi connectivity index (χ3n) is 3.56. The number of carbonyl (C=O) groups is 2. The Kier molecular flexibility index (Phi) is 7.75. The van der Waals surface area contributed by atoms with Crippen LogP contribution >= 0.6 is 28.1 Å². The molecule has 0 spiro atoms. The van der Waals surface area contributed by atoms with Crippen LogP contribution in [0, 0.1) is 0 Å². The van der Waals surface area contributed by atoms with E-state index >= 15 is 0 Å². The van der Waals surface area contributed by atoms with E-state index < -0.39 is 0 Å². The molecule has 0 aliphatic heterocycles. The topological polar surface area (TPSA) is 79.5 Å². The summed E-state index contributed by atoms with van der Waals surface area (Å²) in [5, 5.41) is 8.48. The zero-order valence-electron chi connectivity index (χ0n) is 15.0. The summed E-state index contributed by atoms with van der Waals surface area (Å²) in [5.74, 6) is 0.122. The fourth-order valence-electron chi connectivity index (χ4n) is 2.22. The van der Waals surface area contributed by atoms with Gasteiger partial charge in [0.2, 0.25) is 0 Å². The van der Waals surface area contributed by atoms with Gasteiger partial charge in [-0.2, -0.15) is 0 Å². The first-order valence-corrected chi connectivity index (χ1v) is 9.49. The van der Waals surface area contributed by atoms with Crippen LogP contribution in [0.1, 0.15) is 34.1 Å². The third-order valence-corrected chi connectivity index (χ3v) is 4.38. The van der Waals surface area contributed by atoms with Crippen LogP contribution in [0.5, 0.6) is 5.75 Å². The van der Waals surface area contributed by atoms with Crippen molar-refractivity contribution in [1.29, 1.82) is 0 Å². The number of hydrogen-bond acceptors (Lipinski definition) is 4. The number of carbonyl (C=O) groups excluding carboxylic acids is 2. The molecule has 2 aromatic carbocycles. The molecule has 0 heterocycles. The molecule has 2 aromatic rings. The summed E-state index contributed by atoms with van der Waals surface area (Å²) in [5.41, 5.74) is 1.56. The summed E-state index contributed by atoms with van der Waals surface area (Å²) in [6.45, 7) is 2.60. The first-order valence-electron chi connectivity index (χ1n) is 8.28. The van der Waals surface area contributed by atoms with E-state index in [9.17, 15) is 9.59 Å². The molecular formula is C19H20BrN3O3S. The predicted octanol–water partition coefficient (Wildman–Crippen LogP) is 3.72. The molecule has 0 fully saturated rings. The minimum Gasteiger partial charge on any atom is -0.496 e. The van der Waals surface area contributed by atoms with Gasteiger partial charge in [0.15, 0.2) is 5.11 Å². The Balaban J connectivity index is 2.00. The van der Waals surface area contributed by atoms with E-state index in [1.807, 2.05) is 6.92 Å². The van der Waals surface area contributed by atoms with Crippen LogP contribution in [0.2, 0.25) is 0 Å². The molecule has 3 N–H and O–H groups in total. The molecule has 0 unspecified atom stereocenters. The number of rotatable bonds is 6. The van der Waals surface area contributed by atoms with E-state index in [-0.39, 0.29) is 16.9 Å². The Morgan fingerprint density at radius 2 is 1.85 bits per heavy atom. The molecule has 0 saturated carbocycles. The highest BCUT2D eigenvalue weighted by Gasteiger charge is 2.11. The van der Waals surface area contributed by atoms with E-state index in [0.717, 1.165) is 6.42 Å². The number of ether oxygens (including phenoxy) is 1. The molecule has 2 rings (SSSR count). The Bertz CT molecular complexity index is 858. The smallest absolute Gasteiger partial charge is 0.257 e. The van der Waals surface area contributed by atoms with Gasteiger partial charge in [-0.1, -0.05) is 13.0 Å². The summed E-state index contributed by atoms with van der Waals surface area (Å²) in [7, 11) is 1.55. The molecule has 0 aromatic heterocycles. The maximum Gasteiger partial charge on any atom is 0.257 e. The second-order valence-electron chi connectivity index (χ2n) is 5.59. The quantitative estimate of drug-likeness (QED) is 0.585. The molecule has 142 valence electrons. The van der Waals surface area contributed by atoms with E-state index in [0.29, 0.717) is 33.6 Å². The van der Waals surface area contributed by atoms with Crippen molar-refractivity contribution < 1.29 is 14.3 Å². The molecule has 0 aliphatic rings. The zero-order chi connectivity index (χ0) is 19.8. The number of methoxy groups -OCH3 is 1. The fourth-order valence-corrected chi connectivity index (χ4v) is 2.98. The minimum absolute atomic E-state index is 0.137. The van der Waals surface area contributed by atoms with Gasteiger partial charge in [-0.15, -0.1) is 0 Å². The van der Waals surface area contributed by atoms with Gasteiger partial charge >= 0.3 is 0 Å². The molecule has 0 radical (unpaired) electrons. The Hall–Kier alpha value is -2.45. The average molecular weight is 450 g/mol. The third kappa shape index (κ3) is 6.04. The predicted molar refractivity (Wildman–Crippen MR) is 113 cm³/mol. The monoisotopic (exact) mass is 449 g/mol. The number of thiocarbonyl (C=S) groups is 1. The summed E-state index contributed by atoms with van der Waals surface area (Å²) >= 11 is 8.54. The first kappa shape index (κ1) is 20.9. The van der Waals surface area contributed by atoms with Crippen LogP contribution in [0.15, 0.2) is 46.9 Å². The van der Waals surface area contributed by atoms with E-state index in [1.165, 1.54) is 0 Å². The van der Waals surface area contributed by atoms with Gasteiger partial charge in [0.1, 0.15) is 5.75 Å². The summed E-state index contributed by atoms with van der Waals surface area (Å²) in [6, 6.07) is 11.9. The number of halogens is 1. The van der Waals surface area contributed by atoms with Crippen LogP contribution in [-0.4, -0.2) is 30.6 Å². The standard InChI is InChI=1S/C19H20BrN3O3S/c1-3-9-21-17(24)12-5-4-6-14(10-12)22-19(27)23-18(25)13-7-8-16(26-2)15(20)11-13/h4-8,10-11H,3,9H2,1-2H3,(H,21,24)(H2,22,23,25,27). The highest BCUT2D eigenvalue weighted by atomic mass is 79.9. The van der Waals surface area contributed by atoms with E-state index in [4.69, 9.17) is 17.0 Å². The Morgan fingerprint density at radius 1 is 1.11 bits per heavy atom. The Labute approximate surface area is 171 Å². The highest BCUT2D eigenvalue weighted by Crippen LogP contribution is 2.25. The summed E-state index contributed by atoms with van der Waals surface area (Å²) in [4.78, 5) is 24.4. The normalized spacial score (nSPS) is 10.0. The molecule has 27 heavy (non-hydrogen) atoms. The number of anilines is 1. The van der Waals surface area contributed by atoms with Crippen LogP contribution in [0.25, 0.3) is 0 Å². The molecule has 2 amide bonds. The molecule has 0 bridgehead atoms. The largest absolute Gasteiger partial charge is 0.496 e. The highest BCUT2D eigenvalue weighted by molar-refractivity contribution is 9.10. The number of nitrogens with one attached hydrogen (secondary N) is 3. The lowest BCUT2D eigenvalue weighted by molar-refractivity contribution is 0.0951. The van der Waals surface area contributed by atoms with Gasteiger partial charge in [0, 0.05) is 23.4 Å². The van der Waals surface area contributed by atoms with Crippen molar-refractivity contribution in [2.24, 2.45) is 0 Å². The lowest BCUT2D eigenvalue weighted by Crippen LogP contribution is -2.34. The van der Waals surface area contributed by atoms with Crippen LogP contribution < -0.4 is 20.7 Å². The first-order chi connectivity index (χ1) is 12.9. The van der Waals surface area contributed by atoms with E-state index in [1.54, 1.807) is 49.6 Å². The maximum absolute atomic E-state index is 12.3. The van der Waals surface area contributed by atoms with Crippen molar-refractivity contribution in [2.45, 2.75) is 13.3 Å². The van der Waals surface area contributed by atoms with Crippen molar-refractivity contribution in [2.75, 3.05) is 19.0 Å². The zero-order valence-corrected chi connectivity index (χ0v) is 17.4. The SMILES string of the molecule is CCCNC(=O)c1cccc(NC(=S)NC(=O)c2ccc(OC)c(Br)c2)c1. The summed E-state index contributed by atoms with van der Waals surface area (Å²) in [6.07, 6.45) is 0.862. The van der Waals surface area contributed by atoms with Crippen LogP contribution in [-0.2, 0) is 0 Å². The molecule has 0 saturated heterocycles.